The molecule has 0 radical (unpaired) electrons. The molecule has 0 bridgehead atoms. The molecule has 1 fully saturated rings. The zero-order chi connectivity index (χ0) is 22.9. The van der Waals surface area contributed by atoms with Crippen LogP contribution in [0.5, 0.6) is 11.5 Å². The summed E-state index contributed by atoms with van der Waals surface area (Å²) < 4.78 is 16.3. The van der Waals surface area contributed by atoms with Crippen molar-refractivity contribution in [1.82, 2.24) is 4.90 Å². The number of benzene rings is 2. The molecule has 8 heteroatoms. The van der Waals surface area contributed by atoms with Gasteiger partial charge in [0.2, 0.25) is 5.91 Å². The van der Waals surface area contributed by atoms with E-state index in [0.29, 0.717) is 67.6 Å². The molecule has 0 aromatic heterocycles. The van der Waals surface area contributed by atoms with Gasteiger partial charge >= 0.3 is 0 Å². The number of methoxy groups -OCH3 is 1. The van der Waals surface area contributed by atoms with Crippen molar-refractivity contribution >= 4 is 23.3 Å². The Morgan fingerprint density at radius 3 is 2.53 bits per heavy atom. The Morgan fingerprint density at radius 2 is 1.81 bits per heavy atom. The van der Waals surface area contributed by atoms with Gasteiger partial charge in [0.1, 0.15) is 0 Å². The molecule has 0 saturated carbocycles. The van der Waals surface area contributed by atoms with Gasteiger partial charge < -0.3 is 24.4 Å². The van der Waals surface area contributed by atoms with Gasteiger partial charge in [-0.3, -0.25) is 14.4 Å². The van der Waals surface area contributed by atoms with Gasteiger partial charge in [0, 0.05) is 36.3 Å². The lowest BCUT2D eigenvalue weighted by atomic mass is 10.1. The number of anilines is 1. The van der Waals surface area contributed by atoms with Crippen molar-refractivity contribution in [2.75, 3.05) is 45.3 Å². The number of hydrogen-bond donors (Lipinski definition) is 1. The van der Waals surface area contributed by atoms with Crippen LogP contribution in [-0.4, -0.2) is 62.5 Å². The molecule has 3 rings (SSSR count). The summed E-state index contributed by atoms with van der Waals surface area (Å²) in [5.41, 5.74) is 1.66. The number of ketones is 1. The van der Waals surface area contributed by atoms with Gasteiger partial charge in [-0.25, -0.2) is 0 Å². The van der Waals surface area contributed by atoms with Crippen molar-refractivity contribution in [2.24, 2.45) is 0 Å². The first-order chi connectivity index (χ1) is 15.5. The number of amides is 2. The van der Waals surface area contributed by atoms with Gasteiger partial charge in [-0.1, -0.05) is 6.07 Å². The Hall–Kier alpha value is -3.39. The van der Waals surface area contributed by atoms with Crippen LogP contribution in [0.25, 0.3) is 0 Å². The normalized spacial score (nSPS) is 13.4. The minimum Gasteiger partial charge on any atom is -0.493 e. The molecule has 2 aromatic carbocycles. The molecule has 1 aliphatic heterocycles. The largest absolute Gasteiger partial charge is 0.493 e. The SMILES string of the molecule is COc1cc(C(C)=O)ccc1OCCCC(=O)Nc1cccc(C(=O)N2CCOCC2)c1. The van der Waals surface area contributed by atoms with Crippen LogP contribution >= 0.6 is 0 Å². The van der Waals surface area contributed by atoms with Crippen LogP contribution in [0.15, 0.2) is 42.5 Å². The maximum absolute atomic E-state index is 12.6. The molecule has 2 aromatic rings. The number of rotatable bonds is 9. The van der Waals surface area contributed by atoms with Crippen LogP contribution in [0.1, 0.15) is 40.5 Å². The maximum atomic E-state index is 12.6. The highest BCUT2D eigenvalue weighted by Crippen LogP contribution is 2.28. The Bertz CT molecular complexity index is 969. The summed E-state index contributed by atoms with van der Waals surface area (Å²) in [5.74, 6) is 0.712. The standard InChI is InChI=1S/C24H28N2O6/c1-17(27)18-8-9-21(22(16-18)30-2)32-12-4-7-23(28)25-20-6-3-5-19(15-20)24(29)26-10-13-31-14-11-26/h3,5-6,8-9,15-16H,4,7,10-14H2,1-2H3,(H,25,28). The quantitative estimate of drug-likeness (QED) is 0.476. The molecule has 0 unspecified atom stereocenters. The highest BCUT2D eigenvalue weighted by Gasteiger charge is 2.18. The number of Topliss-reactive ketones (excluding diaryl/α,β-unsaturated/α-hetero) is 1. The molecule has 1 saturated heterocycles. The van der Waals surface area contributed by atoms with Crippen LogP contribution in [0.3, 0.4) is 0 Å². The number of hydrogen-bond acceptors (Lipinski definition) is 6. The van der Waals surface area contributed by atoms with Crippen molar-refractivity contribution in [3.8, 4) is 11.5 Å². The van der Waals surface area contributed by atoms with Gasteiger partial charge in [0.15, 0.2) is 17.3 Å². The van der Waals surface area contributed by atoms with Crippen molar-refractivity contribution in [1.29, 1.82) is 0 Å². The van der Waals surface area contributed by atoms with E-state index in [9.17, 15) is 14.4 Å². The van der Waals surface area contributed by atoms with E-state index in [1.165, 1.54) is 14.0 Å². The topological polar surface area (TPSA) is 94.2 Å². The number of morpholine rings is 1. The molecule has 0 atom stereocenters. The second-order valence-corrected chi connectivity index (χ2v) is 7.41. The lowest BCUT2D eigenvalue weighted by Gasteiger charge is -2.27. The molecule has 0 spiro atoms. The van der Waals surface area contributed by atoms with Crippen LogP contribution in [-0.2, 0) is 9.53 Å². The van der Waals surface area contributed by atoms with Crippen molar-refractivity contribution in [2.45, 2.75) is 19.8 Å². The van der Waals surface area contributed by atoms with Crippen LogP contribution in [0.2, 0.25) is 0 Å². The third kappa shape index (κ3) is 6.31. The van der Waals surface area contributed by atoms with E-state index in [1.807, 2.05) is 0 Å². The minimum absolute atomic E-state index is 0.0535. The number of nitrogens with zero attached hydrogens (tertiary/aromatic N) is 1. The minimum atomic E-state index is -0.163. The van der Waals surface area contributed by atoms with E-state index in [1.54, 1.807) is 47.4 Å². The summed E-state index contributed by atoms with van der Waals surface area (Å²) >= 11 is 0. The molecule has 2 amide bonds. The average molecular weight is 440 g/mol. The van der Waals surface area contributed by atoms with Crippen LogP contribution < -0.4 is 14.8 Å². The average Bonchev–Trinajstić information content (AvgIpc) is 2.82. The Kier molecular flexibility index (Phi) is 8.21. The molecule has 1 aliphatic rings. The smallest absolute Gasteiger partial charge is 0.254 e. The second-order valence-electron chi connectivity index (χ2n) is 7.41. The van der Waals surface area contributed by atoms with Gasteiger partial charge in [0.25, 0.3) is 5.91 Å². The van der Waals surface area contributed by atoms with E-state index in [0.717, 1.165) is 0 Å². The van der Waals surface area contributed by atoms with Crippen LogP contribution in [0.4, 0.5) is 5.69 Å². The Morgan fingerprint density at radius 1 is 1.03 bits per heavy atom. The van der Waals surface area contributed by atoms with Gasteiger partial charge in [-0.15, -0.1) is 0 Å². The van der Waals surface area contributed by atoms with Gasteiger partial charge in [-0.2, -0.15) is 0 Å². The molecule has 0 aliphatic carbocycles. The molecule has 1 heterocycles. The lowest BCUT2D eigenvalue weighted by molar-refractivity contribution is -0.116. The van der Waals surface area contributed by atoms with Gasteiger partial charge in [0.05, 0.1) is 26.9 Å². The first kappa shape index (κ1) is 23.3. The zero-order valence-corrected chi connectivity index (χ0v) is 18.4. The summed E-state index contributed by atoms with van der Waals surface area (Å²) in [6.45, 7) is 4.02. The zero-order valence-electron chi connectivity index (χ0n) is 18.4. The molecule has 32 heavy (non-hydrogen) atoms. The summed E-state index contributed by atoms with van der Waals surface area (Å²) in [6, 6.07) is 11.9. The summed E-state index contributed by atoms with van der Waals surface area (Å²) in [7, 11) is 1.51. The van der Waals surface area contributed by atoms with Crippen molar-refractivity contribution < 1.29 is 28.6 Å². The predicted molar refractivity (Wildman–Crippen MR) is 120 cm³/mol. The Balaban J connectivity index is 1.47. The van der Waals surface area contributed by atoms with Crippen LogP contribution in [0, 0.1) is 0 Å². The first-order valence-electron chi connectivity index (χ1n) is 10.6. The van der Waals surface area contributed by atoms with E-state index < -0.39 is 0 Å². The fraction of sp³-hybridized carbons (Fsp3) is 0.375. The summed E-state index contributed by atoms with van der Waals surface area (Å²) in [6.07, 6.45) is 0.755. The molecular formula is C24H28N2O6. The third-order valence-electron chi connectivity index (χ3n) is 5.07. The van der Waals surface area contributed by atoms with E-state index in [4.69, 9.17) is 14.2 Å². The predicted octanol–water partition coefficient (Wildman–Crippen LogP) is 3.17. The molecule has 170 valence electrons. The fourth-order valence-electron chi connectivity index (χ4n) is 3.32. The molecule has 8 nitrogen and oxygen atoms in total. The monoisotopic (exact) mass is 440 g/mol. The number of carbonyl (C=O) groups is 3. The maximum Gasteiger partial charge on any atom is 0.254 e. The molecular weight excluding hydrogens is 412 g/mol. The Labute approximate surface area is 187 Å². The lowest BCUT2D eigenvalue weighted by Crippen LogP contribution is -2.40. The van der Waals surface area contributed by atoms with E-state index in [2.05, 4.69) is 5.32 Å². The van der Waals surface area contributed by atoms with Crippen molar-refractivity contribution in [3.63, 3.8) is 0 Å². The van der Waals surface area contributed by atoms with Crippen molar-refractivity contribution in [3.05, 3.63) is 53.6 Å². The number of carbonyl (C=O) groups excluding carboxylic acids is 3. The fourth-order valence-corrected chi connectivity index (χ4v) is 3.32. The second kappa shape index (κ2) is 11.3. The van der Waals surface area contributed by atoms with E-state index >= 15 is 0 Å². The van der Waals surface area contributed by atoms with Gasteiger partial charge in [-0.05, 0) is 49.7 Å². The third-order valence-corrected chi connectivity index (χ3v) is 5.07. The van der Waals surface area contributed by atoms with E-state index in [-0.39, 0.29) is 24.0 Å². The highest BCUT2D eigenvalue weighted by molar-refractivity contribution is 5.97. The number of nitrogens with one attached hydrogen (secondary N) is 1. The highest BCUT2D eigenvalue weighted by atomic mass is 16.5. The summed E-state index contributed by atoms with van der Waals surface area (Å²) in [5, 5.41) is 2.83. The molecule has 1 N–H and O–H groups in total. The summed E-state index contributed by atoms with van der Waals surface area (Å²) in [4.78, 5) is 38.1. The number of ether oxygens (including phenoxy) is 3. The first-order valence-corrected chi connectivity index (χ1v) is 10.6.